The Morgan fingerprint density at radius 2 is 1.95 bits per heavy atom. The lowest BCUT2D eigenvalue weighted by molar-refractivity contribution is -0.135. The van der Waals surface area contributed by atoms with Crippen LogP contribution in [-0.4, -0.2) is 61.8 Å². The number of benzene rings is 1. The minimum absolute atomic E-state index is 0.0632. The molecule has 0 radical (unpaired) electrons. The molecule has 0 bridgehead atoms. The maximum atomic E-state index is 13.7. The third-order valence-electron chi connectivity index (χ3n) is 7.46. The van der Waals surface area contributed by atoms with E-state index in [2.05, 4.69) is 20.4 Å². The SMILES string of the molecule is COc1ccc(C(=O)ONC(=O)C2CCC(CCN3CCN(c4noc5cc(F)c(Cl)cc45)CC3)CC2)s1. The molecule has 1 amide bonds. The summed E-state index contributed by atoms with van der Waals surface area (Å²) in [5.41, 5.74) is 2.73. The molecule has 1 saturated heterocycles. The number of carbonyl (C=O) groups is 2. The van der Waals surface area contributed by atoms with Crippen LogP contribution in [-0.2, 0) is 9.63 Å². The smallest absolute Gasteiger partial charge is 0.372 e. The zero-order valence-corrected chi connectivity index (χ0v) is 22.7. The van der Waals surface area contributed by atoms with Crippen LogP contribution >= 0.6 is 22.9 Å². The van der Waals surface area contributed by atoms with Gasteiger partial charge < -0.3 is 19.0 Å². The predicted octanol–water partition coefficient (Wildman–Crippen LogP) is 4.90. The topological polar surface area (TPSA) is 97.1 Å². The molecule has 1 aromatic carbocycles. The van der Waals surface area contributed by atoms with Crippen LogP contribution < -0.4 is 15.1 Å². The number of piperazine rings is 1. The zero-order valence-electron chi connectivity index (χ0n) is 21.1. The Labute approximate surface area is 228 Å². The molecule has 2 fully saturated rings. The number of ether oxygens (including phenoxy) is 1. The van der Waals surface area contributed by atoms with Crippen molar-refractivity contribution >= 4 is 51.6 Å². The average Bonchev–Trinajstić information content (AvgIpc) is 3.59. The van der Waals surface area contributed by atoms with Crippen molar-refractivity contribution in [2.24, 2.45) is 11.8 Å². The highest BCUT2D eigenvalue weighted by Gasteiger charge is 2.28. The van der Waals surface area contributed by atoms with E-state index in [1.54, 1.807) is 18.2 Å². The standard InChI is InChI=1S/C26H30ClFN4O5S/c1-35-23-7-6-22(38-23)26(34)37-30-25(33)17-4-2-16(3-5-17)8-9-31-10-12-32(13-11-31)24-18-14-19(27)20(28)15-21(18)36-29-24/h6-7,14-17H,2-5,8-13H2,1H3,(H,30,33). The Kier molecular flexibility index (Phi) is 8.35. The summed E-state index contributed by atoms with van der Waals surface area (Å²) in [5, 5.41) is 5.55. The molecule has 3 heterocycles. The largest absolute Gasteiger partial charge is 0.487 e. The fourth-order valence-corrected chi connectivity index (χ4v) is 6.04. The molecule has 1 N–H and O–H groups in total. The summed E-state index contributed by atoms with van der Waals surface area (Å²) in [4.78, 5) is 34.6. The van der Waals surface area contributed by atoms with Crippen molar-refractivity contribution in [3.05, 3.63) is 40.0 Å². The maximum Gasteiger partial charge on any atom is 0.372 e. The summed E-state index contributed by atoms with van der Waals surface area (Å²) < 4.78 is 24.1. The Morgan fingerprint density at radius 3 is 2.66 bits per heavy atom. The number of carbonyl (C=O) groups excluding carboxylic acids is 2. The molecule has 0 atom stereocenters. The van der Waals surface area contributed by atoms with Gasteiger partial charge in [-0.15, -0.1) is 0 Å². The lowest BCUT2D eigenvalue weighted by Crippen LogP contribution is -2.47. The van der Waals surface area contributed by atoms with E-state index < -0.39 is 11.8 Å². The number of aromatic nitrogens is 1. The molecular weight excluding hydrogens is 535 g/mol. The number of nitrogens with one attached hydrogen (secondary N) is 1. The zero-order chi connectivity index (χ0) is 26.6. The van der Waals surface area contributed by atoms with Crippen LogP contribution in [0.1, 0.15) is 41.8 Å². The van der Waals surface area contributed by atoms with E-state index in [4.69, 9.17) is 25.7 Å². The van der Waals surface area contributed by atoms with E-state index in [-0.39, 0.29) is 16.8 Å². The number of halogens is 2. The molecule has 38 heavy (non-hydrogen) atoms. The minimum Gasteiger partial charge on any atom is -0.487 e. The lowest BCUT2D eigenvalue weighted by Gasteiger charge is -2.36. The predicted molar refractivity (Wildman–Crippen MR) is 142 cm³/mol. The van der Waals surface area contributed by atoms with Crippen LogP contribution in [0.25, 0.3) is 11.0 Å². The fourth-order valence-electron chi connectivity index (χ4n) is 5.18. The first kappa shape index (κ1) is 26.7. The molecule has 12 heteroatoms. The summed E-state index contributed by atoms with van der Waals surface area (Å²) in [5.74, 6) is -0.190. The highest BCUT2D eigenvalue weighted by molar-refractivity contribution is 7.15. The van der Waals surface area contributed by atoms with Crippen LogP contribution in [0.4, 0.5) is 10.2 Å². The van der Waals surface area contributed by atoms with Crippen LogP contribution in [0.15, 0.2) is 28.8 Å². The van der Waals surface area contributed by atoms with Gasteiger partial charge in [0.15, 0.2) is 16.5 Å². The number of thiophene rings is 1. The summed E-state index contributed by atoms with van der Waals surface area (Å²) >= 11 is 7.13. The van der Waals surface area contributed by atoms with E-state index in [1.807, 2.05) is 0 Å². The van der Waals surface area contributed by atoms with Gasteiger partial charge in [0.2, 0.25) is 0 Å². The van der Waals surface area contributed by atoms with Crippen molar-refractivity contribution in [1.29, 1.82) is 0 Å². The van der Waals surface area contributed by atoms with Crippen molar-refractivity contribution in [1.82, 2.24) is 15.5 Å². The van der Waals surface area contributed by atoms with Gasteiger partial charge in [0.25, 0.3) is 5.91 Å². The molecule has 1 aliphatic carbocycles. The molecule has 0 unspecified atom stereocenters. The first-order valence-electron chi connectivity index (χ1n) is 12.8. The fraction of sp³-hybridized carbons (Fsp3) is 0.500. The van der Waals surface area contributed by atoms with E-state index in [1.165, 1.54) is 24.5 Å². The molecule has 9 nitrogen and oxygen atoms in total. The molecule has 2 aliphatic rings. The van der Waals surface area contributed by atoms with Gasteiger partial charge in [-0.2, -0.15) is 5.48 Å². The van der Waals surface area contributed by atoms with Crippen molar-refractivity contribution < 1.29 is 28.1 Å². The molecule has 0 spiro atoms. The van der Waals surface area contributed by atoms with Gasteiger partial charge in [0, 0.05) is 38.2 Å². The second kappa shape index (κ2) is 11.9. The number of rotatable bonds is 7. The van der Waals surface area contributed by atoms with Gasteiger partial charge in [0.1, 0.15) is 10.7 Å². The Hall–Kier alpha value is -2.89. The first-order valence-corrected chi connectivity index (χ1v) is 14.0. The van der Waals surface area contributed by atoms with Gasteiger partial charge in [0.05, 0.1) is 17.5 Å². The van der Waals surface area contributed by atoms with Gasteiger partial charge in [-0.05, 0) is 62.8 Å². The number of methoxy groups -OCH3 is 1. The number of nitrogens with zero attached hydrogens (tertiary/aromatic N) is 3. The van der Waals surface area contributed by atoms with Crippen LogP contribution in [0.3, 0.4) is 0 Å². The van der Waals surface area contributed by atoms with E-state index in [0.29, 0.717) is 27.3 Å². The molecule has 1 aliphatic heterocycles. The van der Waals surface area contributed by atoms with Gasteiger partial charge in [-0.3, -0.25) is 9.69 Å². The highest BCUT2D eigenvalue weighted by atomic mass is 35.5. The maximum absolute atomic E-state index is 13.7. The quantitative estimate of drug-likeness (QED) is 0.405. The van der Waals surface area contributed by atoms with Crippen molar-refractivity contribution in [2.45, 2.75) is 32.1 Å². The number of fused-ring (bicyclic) bond motifs is 1. The molecule has 204 valence electrons. The van der Waals surface area contributed by atoms with Gasteiger partial charge >= 0.3 is 5.97 Å². The number of anilines is 1. The van der Waals surface area contributed by atoms with Crippen LogP contribution in [0.2, 0.25) is 5.02 Å². The monoisotopic (exact) mass is 564 g/mol. The highest BCUT2D eigenvalue weighted by Crippen LogP contribution is 2.33. The summed E-state index contributed by atoms with van der Waals surface area (Å²) in [6, 6.07) is 6.14. The summed E-state index contributed by atoms with van der Waals surface area (Å²) in [7, 11) is 1.53. The summed E-state index contributed by atoms with van der Waals surface area (Å²) in [6.45, 7) is 4.43. The summed E-state index contributed by atoms with van der Waals surface area (Å²) in [6.07, 6.45) is 4.63. The minimum atomic E-state index is -0.588. The van der Waals surface area contributed by atoms with Crippen molar-refractivity contribution in [2.75, 3.05) is 44.7 Å². The molecule has 3 aromatic rings. The second-order valence-electron chi connectivity index (χ2n) is 9.78. The number of amides is 1. The molecule has 2 aromatic heterocycles. The molecule has 5 rings (SSSR count). The second-order valence-corrected chi connectivity index (χ2v) is 11.2. The third kappa shape index (κ3) is 6.05. The van der Waals surface area contributed by atoms with Crippen LogP contribution in [0, 0.1) is 17.7 Å². The van der Waals surface area contributed by atoms with E-state index >= 15 is 0 Å². The number of hydroxylamine groups is 1. The Bertz CT molecular complexity index is 1280. The number of hydrogen-bond donors (Lipinski definition) is 1. The Balaban J connectivity index is 1.01. The first-order chi connectivity index (χ1) is 18.4. The normalized spacial score (nSPS) is 20.4. The van der Waals surface area contributed by atoms with Crippen LogP contribution in [0.5, 0.6) is 5.06 Å². The van der Waals surface area contributed by atoms with E-state index in [9.17, 15) is 14.0 Å². The van der Waals surface area contributed by atoms with Crippen molar-refractivity contribution in [3.63, 3.8) is 0 Å². The van der Waals surface area contributed by atoms with Crippen molar-refractivity contribution in [3.8, 4) is 5.06 Å². The van der Waals surface area contributed by atoms with Gasteiger partial charge in [-0.25, -0.2) is 9.18 Å². The molecule has 1 saturated carbocycles. The lowest BCUT2D eigenvalue weighted by atomic mass is 9.80. The molecular formula is C26H30ClFN4O5S. The van der Waals surface area contributed by atoms with E-state index in [0.717, 1.165) is 70.2 Å². The average molecular weight is 565 g/mol. The third-order valence-corrected chi connectivity index (χ3v) is 8.78. The van der Waals surface area contributed by atoms with Gasteiger partial charge in [-0.1, -0.05) is 28.1 Å². The Morgan fingerprint density at radius 1 is 1.18 bits per heavy atom. The number of hydrogen-bond acceptors (Lipinski definition) is 9.